The first-order valence-electron chi connectivity index (χ1n) is 5.83. The topological polar surface area (TPSA) is 49.3 Å². The number of hydrogen-bond donors (Lipinski definition) is 2. The van der Waals surface area contributed by atoms with Gasteiger partial charge in [-0.25, -0.2) is 0 Å². The summed E-state index contributed by atoms with van der Waals surface area (Å²) in [5.41, 5.74) is 0. The average Bonchev–Trinajstić information content (AvgIpc) is 2.87. The number of carboxylic acid groups (broad SMARTS) is 1. The van der Waals surface area contributed by atoms with Crippen LogP contribution in [-0.4, -0.2) is 17.6 Å². The lowest BCUT2D eigenvalue weighted by atomic mass is 9.96. The van der Waals surface area contributed by atoms with Crippen molar-refractivity contribution < 1.29 is 9.90 Å². The summed E-state index contributed by atoms with van der Waals surface area (Å²) in [6.07, 6.45) is 2.88. The van der Waals surface area contributed by atoms with Crippen LogP contribution in [0, 0.1) is 11.8 Å². The maximum absolute atomic E-state index is 11.0. The normalized spacial score (nSPS) is 24.1. The van der Waals surface area contributed by atoms with Gasteiger partial charge in [0.1, 0.15) is 0 Å². The number of carboxylic acids is 1. The zero-order valence-corrected chi connectivity index (χ0v) is 11.1. The van der Waals surface area contributed by atoms with Crippen LogP contribution in [0.5, 0.6) is 0 Å². The van der Waals surface area contributed by atoms with Crippen molar-refractivity contribution in [3.05, 3.63) is 21.3 Å². The summed E-state index contributed by atoms with van der Waals surface area (Å²) in [5, 5.41) is 15.1. The summed E-state index contributed by atoms with van der Waals surface area (Å²) < 4.78 is 0. The number of rotatable bonds is 5. The van der Waals surface area contributed by atoms with Crippen molar-refractivity contribution in [3.8, 4) is 0 Å². The van der Waals surface area contributed by atoms with E-state index in [1.54, 1.807) is 11.3 Å². The largest absolute Gasteiger partial charge is 0.481 e. The molecule has 1 aliphatic carbocycles. The van der Waals surface area contributed by atoms with Crippen molar-refractivity contribution in [1.82, 2.24) is 5.32 Å². The van der Waals surface area contributed by atoms with Gasteiger partial charge in [-0.1, -0.05) is 18.0 Å². The van der Waals surface area contributed by atoms with Crippen molar-refractivity contribution >= 4 is 28.9 Å². The molecule has 0 spiro atoms. The molecule has 0 amide bonds. The number of nitrogens with one attached hydrogen (secondary N) is 1. The van der Waals surface area contributed by atoms with Crippen LogP contribution in [0.15, 0.2) is 11.4 Å². The van der Waals surface area contributed by atoms with Crippen molar-refractivity contribution in [2.75, 3.05) is 6.54 Å². The van der Waals surface area contributed by atoms with Crippen LogP contribution in [0.4, 0.5) is 0 Å². The fourth-order valence-corrected chi connectivity index (χ4v) is 3.48. The third-order valence-corrected chi connectivity index (χ3v) is 4.59. The molecule has 1 fully saturated rings. The Bertz CT molecular complexity index is 394. The molecular formula is C12H16ClNO2S. The maximum Gasteiger partial charge on any atom is 0.306 e. The fourth-order valence-electron chi connectivity index (χ4n) is 2.43. The highest BCUT2D eigenvalue weighted by Crippen LogP contribution is 2.31. The molecule has 1 aromatic heterocycles. The van der Waals surface area contributed by atoms with Crippen LogP contribution >= 0.6 is 22.9 Å². The molecule has 2 rings (SSSR count). The highest BCUT2D eigenvalue weighted by molar-refractivity contribution is 7.10. The van der Waals surface area contributed by atoms with E-state index >= 15 is 0 Å². The maximum atomic E-state index is 11.0. The molecule has 0 radical (unpaired) electrons. The molecule has 1 saturated carbocycles. The Hall–Kier alpha value is -0.580. The Morgan fingerprint density at radius 1 is 1.59 bits per heavy atom. The standard InChI is InChI=1S/C12H16ClNO2S/c13-9-4-10(17-7-9)6-14-5-8-2-1-3-11(8)12(15)16/h4,7-8,11,14H,1-3,5-6H2,(H,15,16). The van der Waals surface area contributed by atoms with E-state index in [0.29, 0.717) is 0 Å². The Morgan fingerprint density at radius 2 is 2.41 bits per heavy atom. The summed E-state index contributed by atoms with van der Waals surface area (Å²) in [6, 6.07) is 1.95. The zero-order valence-electron chi connectivity index (χ0n) is 9.49. The van der Waals surface area contributed by atoms with E-state index in [-0.39, 0.29) is 11.8 Å². The molecule has 2 unspecified atom stereocenters. The summed E-state index contributed by atoms with van der Waals surface area (Å²) in [6.45, 7) is 1.56. The second-order valence-corrected chi connectivity index (χ2v) is 5.93. The SMILES string of the molecule is O=C(O)C1CCCC1CNCc1cc(Cl)cs1. The molecule has 0 aromatic carbocycles. The third kappa shape index (κ3) is 3.44. The van der Waals surface area contributed by atoms with Crippen LogP contribution in [0.1, 0.15) is 24.1 Å². The first-order chi connectivity index (χ1) is 8.16. The van der Waals surface area contributed by atoms with Crippen LogP contribution in [0.3, 0.4) is 0 Å². The van der Waals surface area contributed by atoms with Gasteiger partial charge >= 0.3 is 5.97 Å². The first-order valence-corrected chi connectivity index (χ1v) is 7.09. The van der Waals surface area contributed by atoms with Crippen molar-refractivity contribution in [2.24, 2.45) is 11.8 Å². The van der Waals surface area contributed by atoms with Gasteiger partial charge in [0, 0.05) is 16.8 Å². The number of carbonyl (C=O) groups is 1. The van der Waals surface area contributed by atoms with Gasteiger partial charge in [0.25, 0.3) is 0 Å². The van der Waals surface area contributed by atoms with E-state index in [1.165, 1.54) is 4.88 Å². The Morgan fingerprint density at radius 3 is 3.06 bits per heavy atom. The highest BCUT2D eigenvalue weighted by Gasteiger charge is 2.32. The number of aliphatic carboxylic acids is 1. The molecule has 5 heteroatoms. The van der Waals surface area contributed by atoms with Crippen molar-refractivity contribution in [3.63, 3.8) is 0 Å². The molecular weight excluding hydrogens is 258 g/mol. The van der Waals surface area contributed by atoms with Crippen molar-refractivity contribution in [2.45, 2.75) is 25.8 Å². The predicted octanol–water partition coefficient (Wildman–Crippen LogP) is 2.99. The van der Waals surface area contributed by atoms with E-state index in [4.69, 9.17) is 16.7 Å². The van der Waals surface area contributed by atoms with E-state index in [1.807, 2.05) is 11.4 Å². The van der Waals surface area contributed by atoms with E-state index in [2.05, 4.69) is 5.32 Å². The summed E-state index contributed by atoms with van der Waals surface area (Å²) in [7, 11) is 0. The molecule has 1 heterocycles. The van der Waals surface area contributed by atoms with Gasteiger partial charge in [-0.05, 0) is 31.4 Å². The van der Waals surface area contributed by atoms with Gasteiger partial charge < -0.3 is 10.4 Å². The molecule has 94 valence electrons. The average molecular weight is 274 g/mol. The molecule has 0 bridgehead atoms. The summed E-state index contributed by atoms with van der Waals surface area (Å²) in [4.78, 5) is 12.2. The predicted molar refractivity (Wildman–Crippen MR) is 69.5 cm³/mol. The zero-order chi connectivity index (χ0) is 12.3. The van der Waals surface area contributed by atoms with E-state index in [0.717, 1.165) is 37.4 Å². The summed E-state index contributed by atoms with van der Waals surface area (Å²) in [5.74, 6) is -0.522. The molecule has 17 heavy (non-hydrogen) atoms. The van der Waals surface area contributed by atoms with Crippen molar-refractivity contribution in [1.29, 1.82) is 0 Å². The lowest BCUT2D eigenvalue weighted by molar-refractivity contribution is -0.142. The van der Waals surface area contributed by atoms with Gasteiger partial charge in [0.2, 0.25) is 0 Å². The minimum atomic E-state index is -0.645. The lowest BCUT2D eigenvalue weighted by Gasteiger charge is -2.15. The highest BCUT2D eigenvalue weighted by atomic mass is 35.5. The van der Waals surface area contributed by atoms with Crippen LogP contribution in [0.2, 0.25) is 5.02 Å². The minimum absolute atomic E-state index is 0.158. The Balaban J connectivity index is 1.76. The smallest absolute Gasteiger partial charge is 0.306 e. The Labute approximate surface area is 110 Å². The van der Waals surface area contributed by atoms with Gasteiger partial charge in [-0.2, -0.15) is 0 Å². The molecule has 2 atom stereocenters. The molecule has 0 aliphatic heterocycles. The van der Waals surface area contributed by atoms with Crippen LogP contribution in [-0.2, 0) is 11.3 Å². The van der Waals surface area contributed by atoms with Gasteiger partial charge in [-0.3, -0.25) is 4.79 Å². The number of hydrogen-bond acceptors (Lipinski definition) is 3. The Kier molecular flexibility index (Phi) is 4.42. The second-order valence-electron chi connectivity index (χ2n) is 4.50. The fraction of sp³-hybridized carbons (Fsp3) is 0.583. The minimum Gasteiger partial charge on any atom is -0.481 e. The molecule has 2 N–H and O–H groups in total. The van der Waals surface area contributed by atoms with Gasteiger partial charge in [0.05, 0.1) is 10.9 Å². The number of thiophene rings is 1. The van der Waals surface area contributed by atoms with E-state index in [9.17, 15) is 4.79 Å². The quantitative estimate of drug-likeness (QED) is 0.867. The molecule has 3 nitrogen and oxygen atoms in total. The third-order valence-electron chi connectivity index (χ3n) is 3.30. The lowest BCUT2D eigenvalue weighted by Crippen LogP contribution is -2.28. The monoisotopic (exact) mass is 273 g/mol. The van der Waals surface area contributed by atoms with Crippen LogP contribution < -0.4 is 5.32 Å². The molecule has 0 saturated heterocycles. The number of halogens is 1. The van der Waals surface area contributed by atoms with Gasteiger partial charge in [0.15, 0.2) is 0 Å². The van der Waals surface area contributed by atoms with Gasteiger partial charge in [-0.15, -0.1) is 11.3 Å². The van der Waals surface area contributed by atoms with Crippen LogP contribution in [0.25, 0.3) is 0 Å². The first kappa shape index (κ1) is 12.9. The molecule has 1 aromatic rings. The van der Waals surface area contributed by atoms with E-state index < -0.39 is 5.97 Å². The molecule has 1 aliphatic rings. The second kappa shape index (κ2) is 5.85. The summed E-state index contributed by atoms with van der Waals surface area (Å²) >= 11 is 7.46.